The van der Waals surface area contributed by atoms with E-state index in [-0.39, 0.29) is 23.8 Å². The monoisotopic (exact) mass is 406 g/mol. The van der Waals surface area contributed by atoms with Crippen molar-refractivity contribution in [3.8, 4) is 0 Å². The van der Waals surface area contributed by atoms with Gasteiger partial charge in [0.1, 0.15) is 0 Å². The topological polar surface area (TPSA) is 58.6 Å². The van der Waals surface area contributed by atoms with Crippen molar-refractivity contribution >= 4 is 18.0 Å². The van der Waals surface area contributed by atoms with Crippen LogP contribution in [0.3, 0.4) is 0 Å². The van der Waals surface area contributed by atoms with E-state index in [4.69, 9.17) is 4.74 Å². The van der Waals surface area contributed by atoms with E-state index in [2.05, 4.69) is 22.3 Å². The number of likely N-dealkylation sites (tertiary alicyclic amines) is 1. The van der Waals surface area contributed by atoms with Gasteiger partial charge < -0.3 is 15.0 Å². The summed E-state index contributed by atoms with van der Waals surface area (Å²) in [5.41, 5.74) is 2.25. The number of carbonyl (C=O) groups excluding carboxylic acids is 2. The molecule has 1 amide bonds. The third-order valence-electron chi connectivity index (χ3n) is 5.56. The lowest BCUT2D eigenvalue weighted by Gasteiger charge is -2.39. The highest BCUT2D eigenvalue weighted by Gasteiger charge is 2.31. The van der Waals surface area contributed by atoms with Crippen LogP contribution in [0.25, 0.3) is 6.08 Å². The molecule has 0 unspecified atom stereocenters. The molecule has 5 nitrogen and oxygen atoms in total. The Morgan fingerprint density at radius 2 is 1.80 bits per heavy atom. The second-order valence-electron chi connectivity index (χ2n) is 7.65. The third kappa shape index (κ3) is 6.56. The molecule has 0 aliphatic carbocycles. The Morgan fingerprint density at radius 3 is 2.50 bits per heavy atom. The van der Waals surface area contributed by atoms with Crippen molar-refractivity contribution < 1.29 is 14.3 Å². The number of ether oxygens (including phenoxy) is 1. The smallest absolute Gasteiger partial charge is 0.305 e. The van der Waals surface area contributed by atoms with Gasteiger partial charge in [0.2, 0.25) is 5.91 Å². The molecule has 30 heavy (non-hydrogen) atoms. The Bertz CT molecular complexity index is 836. The number of hydrogen-bond donors (Lipinski definition) is 1. The van der Waals surface area contributed by atoms with Gasteiger partial charge in [-0.2, -0.15) is 0 Å². The summed E-state index contributed by atoms with van der Waals surface area (Å²) in [6, 6.07) is 20.2. The van der Waals surface area contributed by atoms with Gasteiger partial charge in [-0.3, -0.25) is 9.59 Å². The van der Waals surface area contributed by atoms with Crippen LogP contribution in [0.15, 0.2) is 66.7 Å². The number of esters is 1. The average Bonchev–Trinajstić information content (AvgIpc) is 2.79. The molecule has 3 rings (SSSR count). The van der Waals surface area contributed by atoms with Gasteiger partial charge in [0, 0.05) is 31.0 Å². The summed E-state index contributed by atoms with van der Waals surface area (Å²) in [6.07, 6.45) is 5.59. The number of nitrogens with zero attached hydrogens (tertiary/aromatic N) is 1. The molecule has 0 spiro atoms. The lowest BCUT2D eigenvalue weighted by atomic mass is 9.85. The van der Waals surface area contributed by atoms with Crippen LogP contribution in [0.2, 0.25) is 0 Å². The van der Waals surface area contributed by atoms with Crippen LogP contribution in [0.4, 0.5) is 0 Å². The number of methoxy groups -OCH3 is 1. The summed E-state index contributed by atoms with van der Waals surface area (Å²) in [4.78, 5) is 26.3. The first-order chi connectivity index (χ1) is 14.7. The molecule has 1 aliphatic heterocycles. The maximum atomic E-state index is 12.6. The molecular weight excluding hydrogens is 376 g/mol. The van der Waals surface area contributed by atoms with Gasteiger partial charge in [-0.05, 0) is 43.1 Å². The van der Waals surface area contributed by atoms with E-state index in [9.17, 15) is 9.59 Å². The lowest BCUT2D eigenvalue weighted by molar-refractivity contribution is -0.140. The molecule has 158 valence electrons. The number of carbonyl (C=O) groups is 2. The van der Waals surface area contributed by atoms with E-state index in [1.54, 1.807) is 6.08 Å². The van der Waals surface area contributed by atoms with Gasteiger partial charge in [0.05, 0.1) is 7.11 Å². The van der Waals surface area contributed by atoms with Crippen molar-refractivity contribution in [2.75, 3.05) is 26.7 Å². The summed E-state index contributed by atoms with van der Waals surface area (Å²) in [5, 5.41) is 3.22. The molecule has 1 fully saturated rings. The SMILES string of the molecule is COC(=O)CCCN1CC[C@@H](c2ccccc2)[C@H](NC(=O)/C=C/c2ccccc2)C1. The highest BCUT2D eigenvalue weighted by Crippen LogP contribution is 2.28. The minimum atomic E-state index is -0.176. The second kappa shape index (κ2) is 11.3. The summed E-state index contributed by atoms with van der Waals surface area (Å²) in [6.45, 7) is 2.54. The molecule has 0 saturated carbocycles. The number of benzene rings is 2. The average molecular weight is 407 g/mol. The third-order valence-corrected chi connectivity index (χ3v) is 5.56. The molecule has 0 bridgehead atoms. The quantitative estimate of drug-likeness (QED) is 0.537. The normalized spacial score (nSPS) is 19.5. The minimum Gasteiger partial charge on any atom is -0.469 e. The number of nitrogens with one attached hydrogen (secondary N) is 1. The first kappa shape index (κ1) is 21.8. The summed E-state index contributed by atoms with van der Waals surface area (Å²) in [5.74, 6) is 0.0170. The Kier molecular flexibility index (Phi) is 8.21. The van der Waals surface area contributed by atoms with Crippen molar-refractivity contribution in [1.29, 1.82) is 0 Å². The standard InChI is InChI=1S/C25H30N2O3/c1-30-25(29)13-8-17-27-18-16-22(21-11-6-3-7-12-21)23(19-27)26-24(28)15-14-20-9-4-2-5-10-20/h2-7,9-12,14-15,22-23H,8,13,16-19H2,1H3,(H,26,28)/b15-14+/t22-,23+/m0/s1. The van der Waals surface area contributed by atoms with E-state index < -0.39 is 0 Å². The maximum Gasteiger partial charge on any atom is 0.305 e. The van der Waals surface area contributed by atoms with E-state index in [0.717, 1.165) is 38.0 Å². The Hall–Kier alpha value is -2.92. The van der Waals surface area contributed by atoms with Crippen LogP contribution >= 0.6 is 0 Å². The molecule has 1 N–H and O–H groups in total. The number of rotatable bonds is 8. The van der Waals surface area contributed by atoms with Crippen LogP contribution < -0.4 is 5.32 Å². The molecule has 1 saturated heterocycles. The first-order valence-corrected chi connectivity index (χ1v) is 10.5. The lowest BCUT2D eigenvalue weighted by Crippen LogP contribution is -2.51. The summed E-state index contributed by atoms with van der Waals surface area (Å²) >= 11 is 0. The molecule has 2 aromatic carbocycles. The zero-order chi connectivity index (χ0) is 21.2. The Morgan fingerprint density at radius 1 is 1.10 bits per heavy atom. The van der Waals surface area contributed by atoms with Crippen LogP contribution in [0, 0.1) is 0 Å². The van der Waals surface area contributed by atoms with E-state index in [1.165, 1.54) is 12.7 Å². The molecule has 2 aromatic rings. The van der Waals surface area contributed by atoms with Gasteiger partial charge >= 0.3 is 5.97 Å². The molecule has 2 atom stereocenters. The highest BCUT2D eigenvalue weighted by atomic mass is 16.5. The minimum absolute atomic E-state index is 0.0206. The van der Waals surface area contributed by atoms with Crippen LogP contribution in [-0.4, -0.2) is 49.6 Å². The molecule has 1 aliphatic rings. The second-order valence-corrected chi connectivity index (χ2v) is 7.65. The molecule has 5 heteroatoms. The van der Waals surface area contributed by atoms with Crippen LogP contribution in [0.1, 0.15) is 36.3 Å². The first-order valence-electron chi connectivity index (χ1n) is 10.5. The number of piperidine rings is 1. The van der Waals surface area contributed by atoms with E-state index in [0.29, 0.717) is 6.42 Å². The fourth-order valence-electron chi connectivity index (χ4n) is 3.98. The Labute approximate surface area is 178 Å². The zero-order valence-corrected chi connectivity index (χ0v) is 17.5. The molecule has 0 aromatic heterocycles. The van der Waals surface area contributed by atoms with Gasteiger partial charge in [0.15, 0.2) is 0 Å². The number of amides is 1. The fraction of sp³-hybridized carbons (Fsp3) is 0.360. The van der Waals surface area contributed by atoms with Crippen molar-refractivity contribution in [1.82, 2.24) is 10.2 Å². The van der Waals surface area contributed by atoms with Crippen molar-refractivity contribution in [2.24, 2.45) is 0 Å². The number of hydrogen-bond acceptors (Lipinski definition) is 4. The van der Waals surface area contributed by atoms with Crippen molar-refractivity contribution in [3.63, 3.8) is 0 Å². The van der Waals surface area contributed by atoms with Crippen molar-refractivity contribution in [2.45, 2.75) is 31.2 Å². The summed E-state index contributed by atoms with van der Waals surface area (Å²) < 4.78 is 4.73. The largest absolute Gasteiger partial charge is 0.469 e. The predicted octanol–water partition coefficient (Wildman–Crippen LogP) is 3.63. The Balaban J connectivity index is 1.64. The molecule has 1 heterocycles. The van der Waals surface area contributed by atoms with E-state index in [1.807, 2.05) is 54.6 Å². The van der Waals surface area contributed by atoms with Gasteiger partial charge in [-0.1, -0.05) is 60.7 Å². The molecular formula is C25H30N2O3. The summed E-state index contributed by atoms with van der Waals surface area (Å²) in [7, 11) is 1.42. The van der Waals surface area contributed by atoms with E-state index >= 15 is 0 Å². The van der Waals surface area contributed by atoms with Crippen molar-refractivity contribution in [3.05, 3.63) is 77.9 Å². The van der Waals surface area contributed by atoms with Gasteiger partial charge in [0.25, 0.3) is 0 Å². The fourth-order valence-corrected chi connectivity index (χ4v) is 3.98. The zero-order valence-electron chi connectivity index (χ0n) is 17.5. The highest BCUT2D eigenvalue weighted by molar-refractivity contribution is 5.92. The van der Waals surface area contributed by atoms with Gasteiger partial charge in [-0.25, -0.2) is 0 Å². The molecule has 0 radical (unpaired) electrons. The maximum absolute atomic E-state index is 12.6. The van der Waals surface area contributed by atoms with Crippen LogP contribution in [0.5, 0.6) is 0 Å². The van der Waals surface area contributed by atoms with Gasteiger partial charge in [-0.15, -0.1) is 0 Å². The van der Waals surface area contributed by atoms with Crippen LogP contribution in [-0.2, 0) is 14.3 Å². The predicted molar refractivity (Wildman–Crippen MR) is 119 cm³/mol.